The van der Waals surface area contributed by atoms with Gasteiger partial charge < -0.3 is 0 Å². The van der Waals surface area contributed by atoms with Crippen molar-refractivity contribution in [3.8, 4) is 11.4 Å². The van der Waals surface area contributed by atoms with Gasteiger partial charge in [0.25, 0.3) is 0 Å². The first kappa shape index (κ1) is 6.97. The maximum absolute atomic E-state index is 3.78. The summed E-state index contributed by atoms with van der Waals surface area (Å²) >= 11 is 0. The Balaban J connectivity index is 2.48. The van der Waals surface area contributed by atoms with E-state index in [1.807, 2.05) is 25.1 Å². The number of benzene rings is 1. The van der Waals surface area contributed by atoms with Crippen LogP contribution >= 0.6 is 0 Å². The number of aromatic amines is 1. The number of rotatable bonds is 1. The molecule has 59 valence electrons. The van der Waals surface area contributed by atoms with Crippen LogP contribution in [0.15, 0.2) is 18.2 Å². The molecule has 0 spiro atoms. The first-order valence-corrected chi connectivity index (χ1v) is 3.59. The molecule has 0 aliphatic carbocycles. The van der Waals surface area contributed by atoms with Gasteiger partial charge in [-0.3, -0.25) is 0 Å². The number of aryl methyl sites for hydroxylation is 1. The third-order valence-corrected chi connectivity index (χ3v) is 1.56. The van der Waals surface area contributed by atoms with Crippen molar-refractivity contribution < 1.29 is 0 Å². The number of hydrogen-bond acceptors (Lipinski definition) is 3. The van der Waals surface area contributed by atoms with E-state index in [4.69, 9.17) is 0 Å². The molecule has 0 bridgehead atoms. The van der Waals surface area contributed by atoms with Crippen LogP contribution in [0.25, 0.3) is 11.4 Å². The number of nitrogens with zero attached hydrogens (tertiary/aromatic N) is 3. The fraction of sp³-hybridized carbons (Fsp3) is 0.125. The van der Waals surface area contributed by atoms with Gasteiger partial charge in [0.1, 0.15) is 0 Å². The molecule has 1 heterocycles. The van der Waals surface area contributed by atoms with Gasteiger partial charge in [-0.2, -0.15) is 0 Å². The van der Waals surface area contributed by atoms with E-state index in [1.54, 1.807) is 0 Å². The van der Waals surface area contributed by atoms with Gasteiger partial charge in [0, 0.05) is 5.56 Å². The zero-order chi connectivity index (χ0) is 8.39. The van der Waals surface area contributed by atoms with Crippen molar-refractivity contribution >= 4 is 0 Å². The summed E-state index contributed by atoms with van der Waals surface area (Å²) in [6.45, 7) is 2.02. The normalized spacial score (nSPS) is 10.1. The van der Waals surface area contributed by atoms with E-state index in [0.717, 1.165) is 5.56 Å². The van der Waals surface area contributed by atoms with E-state index < -0.39 is 0 Å². The molecule has 1 radical (unpaired) electrons. The van der Waals surface area contributed by atoms with Crippen LogP contribution in [0.4, 0.5) is 0 Å². The average molecular weight is 159 g/mol. The predicted octanol–water partition coefficient (Wildman–Crippen LogP) is 0.975. The molecule has 0 unspecified atom stereocenters. The Hall–Kier alpha value is -1.71. The smallest absolute Gasteiger partial charge is 0.180 e. The lowest BCUT2D eigenvalue weighted by molar-refractivity contribution is 0.881. The third-order valence-electron chi connectivity index (χ3n) is 1.56. The van der Waals surface area contributed by atoms with Gasteiger partial charge in [-0.1, -0.05) is 17.7 Å². The molecule has 1 aromatic carbocycles. The zero-order valence-corrected chi connectivity index (χ0v) is 6.57. The highest BCUT2D eigenvalue weighted by molar-refractivity contribution is 5.53. The Labute approximate surface area is 69.6 Å². The molecule has 0 saturated heterocycles. The van der Waals surface area contributed by atoms with Crippen LogP contribution in [-0.2, 0) is 0 Å². The number of hydrogen-bond donors (Lipinski definition) is 1. The maximum atomic E-state index is 3.78. The summed E-state index contributed by atoms with van der Waals surface area (Å²) in [5, 5.41) is 13.4. The van der Waals surface area contributed by atoms with Gasteiger partial charge in [0.05, 0.1) is 0 Å². The van der Waals surface area contributed by atoms with Crippen LogP contribution in [0.2, 0.25) is 0 Å². The lowest BCUT2D eigenvalue weighted by Crippen LogP contribution is -1.81. The van der Waals surface area contributed by atoms with Gasteiger partial charge >= 0.3 is 0 Å². The SMILES string of the molecule is Cc1cc[c]c(-c2nnn[nH]2)c1. The zero-order valence-electron chi connectivity index (χ0n) is 6.57. The molecule has 4 nitrogen and oxygen atoms in total. The second-order valence-electron chi connectivity index (χ2n) is 2.53. The van der Waals surface area contributed by atoms with Crippen LogP contribution in [-0.4, -0.2) is 20.6 Å². The van der Waals surface area contributed by atoms with E-state index in [-0.39, 0.29) is 0 Å². The van der Waals surface area contributed by atoms with E-state index in [2.05, 4.69) is 26.7 Å². The van der Waals surface area contributed by atoms with E-state index in [9.17, 15) is 0 Å². The summed E-state index contributed by atoms with van der Waals surface area (Å²) in [5.41, 5.74) is 2.06. The van der Waals surface area contributed by atoms with Crippen LogP contribution in [0.5, 0.6) is 0 Å². The van der Waals surface area contributed by atoms with Crippen molar-refractivity contribution in [1.29, 1.82) is 0 Å². The number of H-pyrrole nitrogens is 1. The molecule has 0 atom stereocenters. The summed E-state index contributed by atoms with van der Waals surface area (Å²) in [6.07, 6.45) is 0. The minimum Gasteiger partial charge on any atom is -0.239 e. The van der Waals surface area contributed by atoms with Crippen molar-refractivity contribution in [3.63, 3.8) is 0 Å². The van der Waals surface area contributed by atoms with Crippen LogP contribution < -0.4 is 0 Å². The Kier molecular flexibility index (Phi) is 1.59. The molecular weight excluding hydrogens is 152 g/mol. The molecule has 0 aliphatic rings. The average Bonchev–Trinajstić information content (AvgIpc) is 2.56. The molecule has 2 rings (SSSR count). The van der Waals surface area contributed by atoms with E-state index in [0.29, 0.717) is 5.82 Å². The molecule has 4 heteroatoms. The predicted molar refractivity (Wildman–Crippen MR) is 43.2 cm³/mol. The molecular formula is C8H7N4. The molecule has 1 N–H and O–H groups in total. The van der Waals surface area contributed by atoms with Crippen molar-refractivity contribution in [2.45, 2.75) is 6.92 Å². The van der Waals surface area contributed by atoms with Gasteiger partial charge in [0.15, 0.2) is 5.82 Å². The fourth-order valence-electron chi connectivity index (χ4n) is 0.990. The van der Waals surface area contributed by atoms with Crippen molar-refractivity contribution in [2.75, 3.05) is 0 Å². The second-order valence-corrected chi connectivity index (χ2v) is 2.53. The van der Waals surface area contributed by atoms with Crippen molar-refractivity contribution in [1.82, 2.24) is 20.6 Å². The van der Waals surface area contributed by atoms with Gasteiger partial charge in [-0.05, 0) is 29.5 Å². The Morgan fingerprint density at radius 2 is 2.42 bits per heavy atom. The molecule has 0 fully saturated rings. The monoisotopic (exact) mass is 159 g/mol. The number of nitrogens with one attached hydrogen (secondary N) is 1. The molecule has 12 heavy (non-hydrogen) atoms. The summed E-state index contributed by atoms with van der Waals surface area (Å²) in [4.78, 5) is 0. The van der Waals surface area contributed by atoms with Crippen LogP contribution in [0.3, 0.4) is 0 Å². The van der Waals surface area contributed by atoms with Crippen LogP contribution in [0.1, 0.15) is 5.56 Å². The third kappa shape index (κ3) is 1.18. The number of tetrazole rings is 1. The Bertz CT molecular complexity index is 366. The van der Waals surface area contributed by atoms with E-state index in [1.165, 1.54) is 5.56 Å². The Morgan fingerprint density at radius 1 is 1.50 bits per heavy atom. The lowest BCUT2D eigenvalue weighted by atomic mass is 10.1. The molecule has 0 aliphatic heterocycles. The molecule has 2 aromatic rings. The Morgan fingerprint density at radius 3 is 3.08 bits per heavy atom. The topological polar surface area (TPSA) is 54.5 Å². The standard InChI is InChI=1S/C8H7N4/c1-6-3-2-4-7(5-6)8-9-11-12-10-8/h2-3,5H,1H3,(H,9,10,11,12). The number of aromatic nitrogens is 4. The fourth-order valence-corrected chi connectivity index (χ4v) is 0.990. The van der Waals surface area contributed by atoms with E-state index >= 15 is 0 Å². The molecule has 0 amide bonds. The highest BCUT2D eigenvalue weighted by Gasteiger charge is 2.00. The molecule has 1 aromatic heterocycles. The van der Waals surface area contributed by atoms with Gasteiger partial charge in [0.2, 0.25) is 0 Å². The first-order valence-electron chi connectivity index (χ1n) is 3.59. The lowest BCUT2D eigenvalue weighted by Gasteiger charge is -1.94. The maximum Gasteiger partial charge on any atom is 0.180 e. The van der Waals surface area contributed by atoms with Crippen LogP contribution in [0, 0.1) is 13.0 Å². The van der Waals surface area contributed by atoms with Crippen molar-refractivity contribution in [2.24, 2.45) is 0 Å². The molecule has 0 saturated carbocycles. The summed E-state index contributed by atoms with van der Waals surface area (Å²) < 4.78 is 0. The largest absolute Gasteiger partial charge is 0.239 e. The highest BCUT2D eigenvalue weighted by Crippen LogP contribution is 2.12. The summed E-state index contributed by atoms with van der Waals surface area (Å²) in [6, 6.07) is 8.85. The summed E-state index contributed by atoms with van der Waals surface area (Å²) in [7, 11) is 0. The summed E-state index contributed by atoms with van der Waals surface area (Å²) in [5.74, 6) is 0.652. The van der Waals surface area contributed by atoms with Gasteiger partial charge in [-0.15, -0.1) is 5.10 Å². The minimum atomic E-state index is 0.652. The first-order chi connectivity index (χ1) is 5.86. The highest BCUT2D eigenvalue weighted by atomic mass is 15.5. The van der Waals surface area contributed by atoms with Gasteiger partial charge in [-0.25, -0.2) is 5.10 Å². The minimum absolute atomic E-state index is 0.652. The quantitative estimate of drug-likeness (QED) is 0.674. The second kappa shape index (κ2) is 2.73. The van der Waals surface area contributed by atoms with Crippen molar-refractivity contribution in [3.05, 3.63) is 29.8 Å².